The molecule has 0 spiro atoms. The van der Waals surface area contributed by atoms with Crippen molar-refractivity contribution in [3.63, 3.8) is 0 Å². The minimum Gasteiger partial charge on any atom is -0.346 e. The first-order valence-corrected chi connectivity index (χ1v) is 9.29. The number of carbonyl (C=O) groups is 2. The molecule has 2 atom stereocenters. The lowest BCUT2D eigenvalue weighted by atomic mass is 9.97. The summed E-state index contributed by atoms with van der Waals surface area (Å²) in [7, 11) is 0. The van der Waals surface area contributed by atoms with Crippen molar-refractivity contribution in [3.8, 4) is 0 Å². The third-order valence-electron chi connectivity index (χ3n) is 4.35. The highest BCUT2D eigenvalue weighted by Crippen LogP contribution is 2.28. The van der Waals surface area contributed by atoms with E-state index in [4.69, 9.17) is 0 Å². The van der Waals surface area contributed by atoms with Gasteiger partial charge in [-0.05, 0) is 25.7 Å². The highest BCUT2D eigenvalue weighted by molar-refractivity contribution is 7.09. The second-order valence-electron chi connectivity index (χ2n) is 6.72. The number of aromatic nitrogens is 1. The molecule has 1 aromatic heterocycles. The summed E-state index contributed by atoms with van der Waals surface area (Å²) in [6.07, 6.45) is 4.27. The molecule has 23 heavy (non-hydrogen) atoms. The zero-order chi connectivity index (χ0) is 17.0. The zero-order valence-corrected chi connectivity index (χ0v) is 15.2. The summed E-state index contributed by atoms with van der Waals surface area (Å²) in [5, 5.41) is 8.94. The number of rotatable bonds is 6. The molecule has 2 amide bonds. The highest BCUT2D eigenvalue weighted by Gasteiger charge is 2.32. The van der Waals surface area contributed by atoms with E-state index in [0.717, 1.165) is 36.4 Å². The molecule has 1 aliphatic rings. The van der Waals surface area contributed by atoms with E-state index in [-0.39, 0.29) is 23.8 Å². The second-order valence-corrected chi connectivity index (χ2v) is 7.61. The Kier molecular flexibility index (Phi) is 6.16. The Balaban J connectivity index is 2.02. The summed E-state index contributed by atoms with van der Waals surface area (Å²) in [5.41, 5.74) is 0.889. The molecule has 0 bridgehead atoms. The lowest BCUT2D eigenvalue weighted by Gasteiger charge is -2.25. The number of hydrogen-bond donors (Lipinski definition) is 2. The summed E-state index contributed by atoms with van der Waals surface area (Å²) in [4.78, 5) is 28.7. The van der Waals surface area contributed by atoms with E-state index < -0.39 is 6.04 Å². The van der Waals surface area contributed by atoms with Crippen LogP contribution in [0.3, 0.4) is 0 Å². The van der Waals surface area contributed by atoms with Gasteiger partial charge in [0.15, 0.2) is 0 Å². The second kappa shape index (κ2) is 7.90. The maximum Gasteiger partial charge on any atom is 0.243 e. The van der Waals surface area contributed by atoms with Crippen molar-refractivity contribution in [1.82, 2.24) is 15.6 Å². The van der Waals surface area contributed by atoms with Gasteiger partial charge in [-0.2, -0.15) is 0 Å². The molecule has 1 aromatic rings. The summed E-state index contributed by atoms with van der Waals surface area (Å²) >= 11 is 1.63. The van der Waals surface area contributed by atoms with Crippen LogP contribution in [0.1, 0.15) is 76.0 Å². The van der Waals surface area contributed by atoms with Gasteiger partial charge in [0, 0.05) is 18.2 Å². The van der Waals surface area contributed by atoms with E-state index >= 15 is 0 Å². The van der Waals surface area contributed by atoms with Gasteiger partial charge in [-0.25, -0.2) is 4.98 Å². The number of amides is 2. The first kappa shape index (κ1) is 17.9. The Labute approximate surface area is 142 Å². The van der Waals surface area contributed by atoms with Crippen LogP contribution in [0.15, 0.2) is 5.38 Å². The van der Waals surface area contributed by atoms with Gasteiger partial charge in [0.2, 0.25) is 11.8 Å². The minimum atomic E-state index is -0.430. The number of hydrogen-bond acceptors (Lipinski definition) is 4. The number of nitrogens with one attached hydrogen (secondary N) is 2. The summed E-state index contributed by atoms with van der Waals surface area (Å²) in [6, 6.07) is -0.579. The maximum absolute atomic E-state index is 12.6. The molecular formula is C17H27N3O2S. The van der Waals surface area contributed by atoms with Crippen LogP contribution in [0.2, 0.25) is 0 Å². The van der Waals surface area contributed by atoms with Gasteiger partial charge in [0.1, 0.15) is 6.04 Å². The van der Waals surface area contributed by atoms with Crippen LogP contribution in [0.5, 0.6) is 0 Å². The van der Waals surface area contributed by atoms with Crippen LogP contribution >= 0.6 is 11.3 Å². The first-order chi connectivity index (χ1) is 10.9. The fraction of sp³-hybridized carbons (Fsp3) is 0.706. The smallest absolute Gasteiger partial charge is 0.243 e. The maximum atomic E-state index is 12.6. The molecule has 2 rings (SSSR count). The number of carbonyl (C=O) groups excluding carboxylic acids is 2. The molecule has 0 aromatic carbocycles. The van der Waals surface area contributed by atoms with E-state index in [1.807, 2.05) is 12.3 Å². The molecule has 1 fully saturated rings. The molecule has 0 unspecified atom stereocenters. The standard InChI is InChI=1S/C17H27N3O2S/c1-10(2)17-20-14(9-23-17)11(3)18-16(22)15(19-12(4)21)13-7-5-6-8-13/h9-11,13,15H,5-8H2,1-4H3,(H,18,22)(H,19,21)/t11-,15-/m1/s1. The predicted molar refractivity (Wildman–Crippen MR) is 92.3 cm³/mol. The average molecular weight is 337 g/mol. The quantitative estimate of drug-likeness (QED) is 0.838. The van der Waals surface area contributed by atoms with Gasteiger partial charge in [0.25, 0.3) is 0 Å². The van der Waals surface area contributed by atoms with Crippen molar-refractivity contribution in [2.45, 2.75) is 71.4 Å². The van der Waals surface area contributed by atoms with Gasteiger partial charge < -0.3 is 10.6 Å². The molecule has 0 aliphatic heterocycles. The van der Waals surface area contributed by atoms with Gasteiger partial charge >= 0.3 is 0 Å². The van der Waals surface area contributed by atoms with Crippen molar-refractivity contribution in [1.29, 1.82) is 0 Å². The van der Waals surface area contributed by atoms with Crippen LogP contribution in [0.4, 0.5) is 0 Å². The summed E-state index contributed by atoms with van der Waals surface area (Å²) in [6.45, 7) is 7.63. The lowest BCUT2D eigenvalue weighted by Crippen LogP contribution is -2.50. The van der Waals surface area contributed by atoms with Crippen molar-refractivity contribution in [2.24, 2.45) is 5.92 Å². The molecule has 0 radical (unpaired) electrons. The Hall–Kier alpha value is -1.43. The van der Waals surface area contributed by atoms with Crippen molar-refractivity contribution >= 4 is 23.2 Å². The molecule has 1 saturated carbocycles. The average Bonchev–Trinajstić information content (AvgIpc) is 3.15. The summed E-state index contributed by atoms with van der Waals surface area (Å²) < 4.78 is 0. The van der Waals surface area contributed by atoms with Gasteiger partial charge in [-0.3, -0.25) is 9.59 Å². The monoisotopic (exact) mass is 337 g/mol. The highest BCUT2D eigenvalue weighted by atomic mass is 32.1. The van der Waals surface area contributed by atoms with Gasteiger partial charge in [-0.15, -0.1) is 11.3 Å². The third kappa shape index (κ3) is 4.77. The SMILES string of the molecule is CC(=O)N[C@@H](C(=O)N[C@H](C)c1csc(C(C)C)n1)C1CCCC1. The number of thiazole rings is 1. The van der Waals surface area contributed by atoms with E-state index in [1.165, 1.54) is 6.92 Å². The first-order valence-electron chi connectivity index (χ1n) is 8.41. The molecule has 1 heterocycles. The molecular weight excluding hydrogens is 310 g/mol. The Morgan fingerprint density at radius 1 is 1.22 bits per heavy atom. The van der Waals surface area contributed by atoms with Crippen LogP contribution in [-0.4, -0.2) is 22.8 Å². The molecule has 5 nitrogen and oxygen atoms in total. The molecule has 0 saturated heterocycles. The largest absolute Gasteiger partial charge is 0.346 e. The van der Waals surface area contributed by atoms with Crippen molar-refractivity contribution in [3.05, 3.63) is 16.1 Å². The van der Waals surface area contributed by atoms with Crippen LogP contribution in [0, 0.1) is 5.92 Å². The third-order valence-corrected chi connectivity index (χ3v) is 5.51. The topological polar surface area (TPSA) is 71.1 Å². The Morgan fingerprint density at radius 3 is 2.39 bits per heavy atom. The van der Waals surface area contributed by atoms with Crippen molar-refractivity contribution in [2.75, 3.05) is 0 Å². The normalized spacial score (nSPS) is 18.0. The molecule has 128 valence electrons. The zero-order valence-electron chi connectivity index (χ0n) is 14.4. The van der Waals surface area contributed by atoms with Crippen LogP contribution in [-0.2, 0) is 9.59 Å². The minimum absolute atomic E-state index is 0.0984. The molecule has 6 heteroatoms. The van der Waals surface area contributed by atoms with E-state index in [2.05, 4.69) is 29.5 Å². The Bertz CT molecular complexity index is 550. The predicted octanol–water partition coefficient (Wildman–Crippen LogP) is 3.14. The van der Waals surface area contributed by atoms with Gasteiger partial charge in [0.05, 0.1) is 16.7 Å². The molecule has 2 N–H and O–H groups in total. The van der Waals surface area contributed by atoms with E-state index in [9.17, 15) is 9.59 Å². The lowest BCUT2D eigenvalue weighted by molar-refractivity contribution is -0.129. The van der Waals surface area contributed by atoms with E-state index in [0.29, 0.717) is 5.92 Å². The Morgan fingerprint density at radius 2 is 1.87 bits per heavy atom. The van der Waals surface area contributed by atoms with Crippen molar-refractivity contribution < 1.29 is 9.59 Å². The fourth-order valence-electron chi connectivity index (χ4n) is 3.05. The van der Waals surface area contributed by atoms with Gasteiger partial charge in [-0.1, -0.05) is 26.7 Å². The number of nitrogens with zero attached hydrogens (tertiary/aromatic N) is 1. The van der Waals surface area contributed by atoms with E-state index in [1.54, 1.807) is 11.3 Å². The summed E-state index contributed by atoms with van der Waals surface area (Å²) in [5.74, 6) is 0.383. The molecule has 1 aliphatic carbocycles. The fourth-order valence-corrected chi connectivity index (χ4v) is 3.98. The van der Waals surface area contributed by atoms with Crippen LogP contribution < -0.4 is 10.6 Å². The van der Waals surface area contributed by atoms with Crippen LogP contribution in [0.25, 0.3) is 0 Å².